The number of nitrogens with zero attached hydrogens (tertiary/aromatic N) is 2. The molecule has 1 rings (SSSR count). The van der Waals surface area contributed by atoms with Gasteiger partial charge in [0.25, 0.3) is 0 Å². The zero-order chi connectivity index (χ0) is 13.4. The van der Waals surface area contributed by atoms with Gasteiger partial charge in [-0.25, -0.2) is 4.98 Å². The fraction of sp³-hybridized carbons (Fsp3) is 0.538. The molecule has 0 saturated heterocycles. The minimum absolute atomic E-state index is 0.114. The molecule has 18 heavy (non-hydrogen) atoms. The van der Waals surface area contributed by atoms with Crippen LogP contribution in [0.15, 0.2) is 18.3 Å². The predicted molar refractivity (Wildman–Crippen MR) is 70.4 cm³/mol. The Labute approximate surface area is 108 Å². The number of hydrogen-bond donors (Lipinski definition) is 1. The van der Waals surface area contributed by atoms with Gasteiger partial charge in [0.15, 0.2) is 0 Å². The van der Waals surface area contributed by atoms with E-state index in [2.05, 4.69) is 10.3 Å². The lowest BCUT2D eigenvalue weighted by Gasteiger charge is -2.18. The molecule has 0 aliphatic rings. The molecule has 0 fully saturated rings. The number of hydrogen-bond acceptors (Lipinski definition) is 4. The van der Waals surface area contributed by atoms with Gasteiger partial charge in [-0.15, -0.1) is 0 Å². The number of pyridine rings is 1. The Morgan fingerprint density at radius 3 is 2.78 bits per heavy atom. The number of carbonyl (C=O) groups excluding carboxylic acids is 1. The minimum Gasteiger partial charge on any atom is -0.481 e. The van der Waals surface area contributed by atoms with Crippen LogP contribution in [0.25, 0.3) is 0 Å². The average Bonchev–Trinajstić information content (AvgIpc) is 2.40. The zero-order valence-electron chi connectivity index (χ0n) is 11.3. The molecule has 1 amide bonds. The molecule has 0 bridgehead atoms. The summed E-state index contributed by atoms with van der Waals surface area (Å²) in [5.74, 6) is 0.711. The van der Waals surface area contributed by atoms with Gasteiger partial charge in [-0.05, 0) is 19.9 Å². The van der Waals surface area contributed by atoms with Crippen LogP contribution < -0.4 is 10.1 Å². The Morgan fingerprint density at radius 2 is 2.17 bits per heavy atom. The van der Waals surface area contributed by atoms with Gasteiger partial charge in [-0.2, -0.15) is 0 Å². The lowest BCUT2D eigenvalue weighted by molar-refractivity contribution is -0.129. The number of amides is 1. The molecule has 0 atom stereocenters. The largest absolute Gasteiger partial charge is 0.481 e. The lowest BCUT2D eigenvalue weighted by atomic mass is 10.2. The van der Waals surface area contributed by atoms with Crippen molar-refractivity contribution in [1.29, 1.82) is 0 Å². The van der Waals surface area contributed by atoms with Gasteiger partial charge in [-0.1, -0.05) is 6.07 Å². The maximum Gasteiger partial charge on any atom is 0.236 e. The molecule has 0 radical (unpaired) electrons. The van der Waals surface area contributed by atoms with E-state index < -0.39 is 0 Å². The van der Waals surface area contributed by atoms with E-state index in [1.54, 1.807) is 18.2 Å². The maximum absolute atomic E-state index is 11.8. The molecule has 1 heterocycles. The molecule has 0 aromatic carbocycles. The Bertz CT molecular complexity index is 378. The van der Waals surface area contributed by atoms with Crippen molar-refractivity contribution >= 4 is 5.91 Å². The monoisotopic (exact) mass is 251 g/mol. The SMILES string of the molecule is CCN(CC)C(=O)CNCc1cccnc1OC. The quantitative estimate of drug-likeness (QED) is 0.787. The standard InChI is InChI=1S/C13H21N3O2/c1-4-16(5-2)12(17)10-14-9-11-7-6-8-15-13(11)18-3/h6-8,14H,4-5,9-10H2,1-3H3. The maximum atomic E-state index is 11.8. The third-order valence-electron chi connectivity index (χ3n) is 2.75. The normalized spacial score (nSPS) is 10.2. The predicted octanol–water partition coefficient (Wildman–Crippen LogP) is 1.05. The number of rotatable bonds is 7. The van der Waals surface area contributed by atoms with Crippen LogP contribution in [0.1, 0.15) is 19.4 Å². The fourth-order valence-electron chi connectivity index (χ4n) is 1.73. The summed E-state index contributed by atoms with van der Waals surface area (Å²) in [6.45, 7) is 6.35. The third-order valence-corrected chi connectivity index (χ3v) is 2.75. The summed E-state index contributed by atoms with van der Waals surface area (Å²) in [5, 5.41) is 3.11. The van der Waals surface area contributed by atoms with Gasteiger partial charge in [0, 0.05) is 31.4 Å². The van der Waals surface area contributed by atoms with E-state index >= 15 is 0 Å². The number of methoxy groups -OCH3 is 1. The van der Waals surface area contributed by atoms with E-state index in [0.717, 1.165) is 18.7 Å². The van der Waals surface area contributed by atoms with E-state index in [1.165, 1.54) is 0 Å². The van der Waals surface area contributed by atoms with Crippen molar-refractivity contribution in [3.05, 3.63) is 23.9 Å². The van der Waals surface area contributed by atoms with E-state index in [-0.39, 0.29) is 5.91 Å². The number of likely N-dealkylation sites (N-methyl/N-ethyl adjacent to an activating group) is 1. The summed E-state index contributed by atoms with van der Waals surface area (Å²) in [4.78, 5) is 17.7. The first-order chi connectivity index (χ1) is 8.72. The molecule has 1 aromatic rings. The van der Waals surface area contributed by atoms with E-state index in [4.69, 9.17) is 4.74 Å². The summed E-state index contributed by atoms with van der Waals surface area (Å²) in [5.41, 5.74) is 0.951. The Balaban J connectivity index is 2.44. The van der Waals surface area contributed by atoms with Crippen molar-refractivity contribution in [2.24, 2.45) is 0 Å². The average molecular weight is 251 g/mol. The number of ether oxygens (including phenoxy) is 1. The molecule has 1 N–H and O–H groups in total. The molecule has 5 nitrogen and oxygen atoms in total. The highest BCUT2D eigenvalue weighted by Gasteiger charge is 2.09. The second kappa shape index (κ2) is 7.66. The van der Waals surface area contributed by atoms with Crippen molar-refractivity contribution in [1.82, 2.24) is 15.2 Å². The van der Waals surface area contributed by atoms with Crippen LogP contribution in [-0.2, 0) is 11.3 Å². The van der Waals surface area contributed by atoms with Gasteiger partial charge in [0.2, 0.25) is 11.8 Å². The highest BCUT2D eigenvalue weighted by atomic mass is 16.5. The molecule has 0 unspecified atom stereocenters. The molecule has 1 aromatic heterocycles. The number of nitrogens with one attached hydrogen (secondary N) is 1. The molecule has 0 spiro atoms. The van der Waals surface area contributed by atoms with Crippen molar-refractivity contribution < 1.29 is 9.53 Å². The topological polar surface area (TPSA) is 54.5 Å². The van der Waals surface area contributed by atoms with Crippen LogP contribution in [0.5, 0.6) is 5.88 Å². The van der Waals surface area contributed by atoms with Crippen molar-refractivity contribution in [3.63, 3.8) is 0 Å². The third kappa shape index (κ3) is 4.00. The van der Waals surface area contributed by atoms with Crippen LogP contribution in [0.4, 0.5) is 0 Å². The molecule has 0 aliphatic heterocycles. The first-order valence-electron chi connectivity index (χ1n) is 6.19. The highest BCUT2D eigenvalue weighted by molar-refractivity contribution is 5.78. The summed E-state index contributed by atoms with van der Waals surface area (Å²) in [7, 11) is 1.59. The van der Waals surface area contributed by atoms with E-state index in [9.17, 15) is 4.79 Å². The molecular formula is C13H21N3O2. The van der Waals surface area contributed by atoms with Crippen LogP contribution in [0.2, 0.25) is 0 Å². The Kier molecular flexibility index (Phi) is 6.14. The van der Waals surface area contributed by atoms with Gasteiger partial charge >= 0.3 is 0 Å². The fourth-order valence-corrected chi connectivity index (χ4v) is 1.73. The molecule has 0 aliphatic carbocycles. The Hall–Kier alpha value is -1.62. The van der Waals surface area contributed by atoms with Gasteiger partial charge < -0.3 is 15.0 Å². The van der Waals surface area contributed by atoms with Crippen LogP contribution in [0.3, 0.4) is 0 Å². The first kappa shape index (κ1) is 14.4. The van der Waals surface area contributed by atoms with Crippen LogP contribution in [0, 0.1) is 0 Å². The Morgan fingerprint density at radius 1 is 1.44 bits per heavy atom. The number of carbonyl (C=O) groups is 1. The zero-order valence-corrected chi connectivity index (χ0v) is 11.3. The molecular weight excluding hydrogens is 230 g/mol. The van der Waals surface area contributed by atoms with E-state index in [1.807, 2.05) is 26.0 Å². The van der Waals surface area contributed by atoms with E-state index in [0.29, 0.717) is 19.0 Å². The summed E-state index contributed by atoms with van der Waals surface area (Å²) >= 11 is 0. The van der Waals surface area contributed by atoms with Gasteiger partial charge in [0.05, 0.1) is 13.7 Å². The molecule has 100 valence electrons. The first-order valence-corrected chi connectivity index (χ1v) is 6.19. The van der Waals surface area contributed by atoms with Gasteiger partial charge in [-0.3, -0.25) is 4.79 Å². The minimum atomic E-state index is 0.114. The van der Waals surface area contributed by atoms with Crippen LogP contribution in [-0.4, -0.2) is 42.5 Å². The number of aromatic nitrogens is 1. The summed E-state index contributed by atoms with van der Waals surface area (Å²) < 4.78 is 5.15. The second-order valence-electron chi connectivity index (χ2n) is 3.84. The second-order valence-corrected chi connectivity index (χ2v) is 3.84. The smallest absolute Gasteiger partial charge is 0.236 e. The van der Waals surface area contributed by atoms with Crippen LogP contribution >= 0.6 is 0 Å². The van der Waals surface area contributed by atoms with Crippen molar-refractivity contribution in [2.75, 3.05) is 26.7 Å². The lowest BCUT2D eigenvalue weighted by Crippen LogP contribution is -2.37. The van der Waals surface area contributed by atoms with Crippen molar-refractivity contribution in [2.45, 2.75) is 20.4 Å². The summed E-state index contributed by atoms with van der Waals surface area (Å²) in [6, 6.07) is 3.78. The van der Waals surface area contributed by atoms with Crippen molar-refractivity contribution in [3.8, 4) is 5.88 Å². The summed E-state index contributed by atoms with van der Waals surface area (Å²) in [6.07, 6.45) is 1.68. The van der Waals surface area contributed by atoms with Gasteiger partial charge in [0.1, 0.15) is 0 Å². The highest BCUT2D eigenvalue weighted by Crippen LogP contribution is 2.12. The molecule has 5 heteroatoms. The molecule has 0 saturated carbocycles.